The van der Waals surface area contributed by atoms with Crippen LogP contribution in [0.5, 0.6) is 0 Å². The maximum absolute atomic E-state index is 8.70. The third kappa shape index (κ3) is 3.23. The molecule has 1 aliphatic rings. The molecule has 0 amide bonds. The van der Waals surface area contributed by atoms with Gasteiger partial charge in [-0.1, -0.05) is 30.5 Å². The van der Waals surface area contributed by atoms with Crippen LogP contribution in [0.15, 0.2) is 18.2 Å². The van der Waals surface area contributed by atoms with Crippen LogP contribution in [0, 0.1) is 17.2 Å². The maximum Gasteiger partial charge on any atom is 0.0992 e. The number of nitriles is 1. The molecule has 0 N–H and O–H groups in total. The van der Waals surface area contributed by atoms with E-state index in [1.165, 1.54) is 12.8 Å². The quantitative estimate of drug-likeness (QED) is 0.732. The van der Waals surface area contributed by atoms with E-state index in [9.17, 15) is 0 Å². The molecule has 2 rings (SSSR count). The van der Waals surface area contributed by atoms with Gasteiger partial charge in [0.1, 0.15) is 0 Å². The van der Waals surface area contributed by atoms with Crippen molar-refractivity contribution >= 4 is 11.6 Å². The summed E-state index contributed by atoms with van der Waals surface area (Å²) in [6, 6.07) is 7.37. The summed E-state index contributed by atoms with van der Waals surface area (Å²) in [5.74, 6) is 0.899. The van der Waals surface area contributed by atoms with Crippen molar-refractivity contribution in [1.29, 1.82) is 5.26 Å². The van der Waals surface area contributed by atoms with Gasteiger partial charge in [0.05, 0.1) is 18.2 Å². The van der Waals surface area contributed by atoms with Crippen molar-refractivity contribution < 1.29 is 4.74 Å². The first-order valence-electron chi connectivity index (χ1n) is 5.56. The molecule has 1 saturated carbocycles. The molecular formula is C13H14ClNO. The molecule has 0 aliphatic heterocycles. The van der Waals surface area contributed by atoms with Gasteiger partial charge in [0.2, 0.25) is 0 Å². The van der Waals surface area contributed by atoms with E-state index in [4.69, 9.17) is 21.6 Å². The van der Waals surface area contributed by atoms with E-state index in [1.807, 2.05) is 6.07 Å². The Hall–Kier alpha value is -1.04. The maximum atomic E-state index is 8.70. The molecule has 16 heavy (non-hydrogen) atoms. The average Bonchev–Trinajstić information content (AvgIpc) is 3.10. The van der Waals surface area contributed by atoms with E-state index in [0.29, 0.717) is 17.2 Å². The van der Waals surface area contributed by atoms with E-state index < -0.39 is 0 Å². The highest BCUT2D eigenvalue weighted by molar-refractivity contribution is 6.31. The summed E-state index contributed by atoms with van der Waals surface area (Å²) in [5, 5.41) is 9.31. The number of rotatable bonds is 5. The number of halogens is 1. The molecule has 0 radical (unpaired) electrons. The van der Waals surface area contributed by atoms with E-state index in [2.05, 4.69) is 6.07 Å². The number of hydrogen-bond donors (Lipinski definition) is 0. The third-order valence-electron chi connectivity index (χ3n) is 2.81. The Bertz CT molecular complexity index is 407. The van der Waals surface area contributed by atoms with Crippen LogP contribution in [-0.4, -0.2) is 6.61 Å². The van der Waals surface area contributed by atoms with Crippen molar-refractivity contribution in [3.8, 4) is 6.07 Å². The Morgan fingerprint density at radius 2 is 2.25 bits per heavy atom. The van der Waals surface area contributed by atoms with Crippen molar-refractivity contribution in [3.05, 3.63) is 34.3 Å². The molecule has 1 aliphatic carbocycles. The molecule has 1 aromatic rings. The molecule has 2 nitrogen and oxygen atoms in total. The smallest absolute Gasteiger partial charge is 0.0992 e. The zero-order valence-electron chi connectivity index (χ0n) is 9.08. The minimum absolute atomic E-state index is 0.539. The van der Waals surface area contributed by atoms with Crippen LogP contribution >= 0.6 is 11.6 Å². The molecule has 0 aromatic heterocycles. The number of benzene rings is 1. The standard InChI is InChI=1S/C13H14ClNO/c14-13-7-11(8-15)3-4-12(13)9-16-6-5-10-1-2-10/h3-4,7,10H,1-2,5-6,9H2. The highest BCUT2D eigenvalue weighted by Gasteiger charge is 2.20. The molecule has 84 valence electrons. The highest BCUT2D eigenvalue weighted by atomic mass is 35.5. The van der Waals surface area contributed by atoms with E-state index in [-0.39, 0.29) is 0 Å². The van der Waals surface area contributed by atoms with Gasteiger partial charge < -0.3 is 4.74 Å². The molecular weight excluding hydrogens is 222 g/mol. The molecule has 0 bridgehead atoms. The van der Waals surface area contributed by atoms with Crippen molar-refractivity contribution in [1.82, 2.24) is 0 Å². The second-order valence-corrected chi connectivity index (χ2v) is 4.61. The molecule has 0 saturated heterocycles. The van der Waals surface area contributed by atoms with Gasteiger partial charge in [0.15, 0.2) is 0 Å². The van der Waals surface area contributed by atoms with Crippen LogP contribution in [0.4, 0.5) is 0 Å². The fourth-order valence-electron chi connectivity index (χ4n) is 1.57. The Kier molecular flexibility index (Phi) is 3.82. The normalized spacial score (nSPS) is 14.8. The molecule has 3 heteroatoms. The summed E-state index contributed by atoms with van der Waals surface area (Å²) < 4.78 is 5.56. The Morgan fingerprint density at radius 1 is 1.44 bits per heavy atom. The SMILES string of the molecule is N#Cc1ccc(COCCC2CC2)c(Cl)c1. The Labute approximate surface area is 101 Å². The molecule has 1 fully saturated rings. The zero-order chi connectivity index (χ0) is 11.4. The lowest BCUT2D eigenvalue weighted by Gasteiger charge is -2.06. The fraction of sp³-hybridized carbons (Fsp3) is 0.462. The topological polar surface area (TPSA) is 33.0 Å². The van der Waals surface area contributed by atoms with Crippen molar-refractivity contribution in [3.63, 3.8) is 0 Å². The van der Waals surface area contributed by atoms with Crippen molar-refractivity contribution in [2.45, 2.75) is 25.9 Å². The Balaban J connectivity index is 1.81. The first-order chi connectivity index (χ1) is 7.79. The van der Waals surface area contributed by atoms with Gasteiger partial charge in [0, 0.05) is 11.6 Å². The van der Waals surface area contributed by atoms with Crippen LogP contribution in [0.3, 0.4) is 0 Å². The molecule has 1 aromatic carbocycles. The summed E-state index contributed by atoms with van der Waals surface area (Å²) in [4.78, 5) is 0. The van der Waals surface area contributed by atoms with E-state index in [0.717, 1.165) is 24.5 Å². The van der Waals surface area contributed by atoms with E-state index in [1.54, 1.807) is 12.1 Å². The summed E-state index contributed by atoms with van der Waals surface area (Å²) in [6.45, 7) is 1.35. The van der Waals surface area contributed by atoms with Crippen LogP contribution in [0.25, 0.3) is 0 Å². The second kappa shape index (κ2) is 5.34. The summed E-state index contributed by atoms with van der Waals surface area (Å²) >= 11 is 6.03. The van der Waals surface area contributed by atoms with Crippen LogP contribution in [0.2, 0.25) is 5.02 Å². The van der Waals surface area contributed by atoms with Gasteiger partial charge in [-0.3, -0.25) is 0 Å². The van der Waals surface area contributed by atoms with Crippen molar-refractivity contribution in [2.75, 3.05) is 6.61 Å². The lowest BCUT2D eigenvalue weighted by atomic mass is 10.1. The second-order valence-electron chi connectivity index (χ2n) is 4.20. The zero-order valence-corrected chi connectivity index (χ0v) is 9.83. The minimum atomic E-state index is 0.539. The number of nitrogens with zero attached hydrogens (tertiary/aromatic N) is 1. The molecule has 0 unspecified atom stereocenters. The molecule has 0 atom stereocenters. The first kappa shape index (κ1) is 11.4. The average molecular weight is 236 g/mol. The summed E-state index contributed by atoms with van der Waals surface area (Å²) in [5.41, 5.74) is 1.54. The monoisotopic (exact) mass is 235 g/mol. The van der Waals surface area contributed by atoms with Gasteiger partial charge in [-0.2, -0.15) is 5.26 Å². The van der Waals surface area contributed by atoms with Crippen LogP contribution < -0.4 is 0 Å². The first-order valence-corrected chi connectivity index (χ1v) is 5.93. The lowest BCUT2D eigenvalue weighted by molar-refractivity contribution is 0.115. The largest absolute Gasteiger partial charge is 0.377 e. The van der Waals surface area contributed by atoms with E-state index >= 15 is 0 Å². The van der Waals surface area contributed by atoms with Gasteiger partial charge in [-0.05, 0) is 30.0 Å². The van der Waals surface area contributed by atoms with Gasteiger partial charge >= 0.3 is 0 Å². The van der Waals surface area contributed by atoms with Crippen molar-refractivity contribution in [2.24, 2.45) is 5.92 Å². The predicted octanol–water partition coefficient (Wildman–Crippen LogP) is 3.53. The lowest BCUT2D eigenvalue weighted by Crippen LogP contribution is -1.97. The molecule has 0 spiro atoms. The number of hydrogen-bond acceptors (Lipinski definition) is 2. The van der Waals surface area contributed by atoms with Crippen LogP contribution in [-0.2, 0) is 11.3 Å². The van der Waals surface area contributed by atoms with Gasteiger partial charge in [-0.15, -0.1) is 0 Å². The summed E-state index contributed by atoms with van der Waals surface area (Å²) in [6.07, 6.45) is 3.88. The predicted molar refractivity (Wildman–Crippen MR) is 63.2 cm³/mol. The van der Waals surface area contributed by atoms with Gasteiger partial charge in [0.25, 0.3) is 0 Å². The highest BCUT2D eigenvalue weighted by Crippen LogP contribution is 2.32. The third-order valence-corrected chi connectivity index (χ3v) is 3.16. The van der Waals surface area contributed by atoms with Gasteiger partial charge in [-0.25, -0.2) is 0 Å². The summed E-state index contributed by atoms with van der Waals surface area (Å²) in [7, 11) is 0. The Morgan fingerprint density at radius 3 is 2.88 bits per heavy atom. The molecule has 0 heterocycles. The number of ether oxygens (including phenoxy) is 1. The minimum Gasteiger partial charge on any atom is -0.377 e. The fourth-order valence-corrected chi connectivity index (χ4v) is 1.81. The van der Waals surface area contributed by atoms with Crippen LogP contribution in [0.1, 0.15) is 30.4 Å².